The number of ketones is 1. The summed E-state index contributed by atoms with van der Waals surface area (Å²) in [5, 5.41) is 0.483. The zero-order valence-electron chi connectivity index (χ0n) is 13.5. The molecule has 1 heterocycles. The molecule has 0 aliphatic heterocycles. The van der Waals surface area contributed by atoms with Gasteiger partial charge < -0.3 is 4.98 Å². The number of benzene rings is 2. The summed E-state index contributed by atoms with van der Waals surface area (Å²) in [6.07, 6.45) is -2.14. The van der Waals surface area contributed by atoms with Crippen molar-refractivity contribution in [2.45, 2.75) is 6.18 Å². The summed E-state index contributed by atoms with van der Waals surface area (Å²) in [6.45, 7) is 0. The number of Topliss-reactive ketones (excluding diaryl/α,β-unsaturated/α-hetero) is 1. The molecule has 0 amide bonds. The molecule has 0 spiro atoms. The number of aromatic nitrogens is 1. The average molecular weight is 410 g/mol. The highest BCUT2D eigenvalue weighted by atomic mass is 35.5. The second-order valence-electron chi connectivity index (χ2n) is 5.53. The van der Waals surface area contributed by atoms with E-state index in [1.54, 1.807) is 24.3 Å². The number of carbonyl (C=O) groups excluding carboxylic acids is 1. The lowest BCUT2D eigenvalue weighted by molar-refractivity contribution is -0.137. The van der Waals surface area contributed by atoms with Crippen molar-refractivity contribution in [2.75, 3.05) is 0 Å². The van der Waals surface area contributed by atoms with Crippen molar-refractivity contribution in [3.05, 3.63) is 89.8 Å². The van der Waals surface area contributed by atoms with Crippen molar-refractivity contribution >= 4 is 40.9 Å². The van der Waals surface area contributed by atoms with Crippen molar-refractivity contribution < 1.29 is 18.0 Å². The van der Waals surface area contributed by atoms with Gasteiger partial charge in [0, 0.05) is 16.7 Å². The van der Waals surface area contributed by atoms with Gasteiger partial charge in [-0.05, 0) is 42.0 Å². The monoisotopic (exact) mass is 409 g/mol. The molecule has 3 aromatic rings. The molecule has 3 nitrogen and oxygen atoms in total. The molecule has 8 heteroatoms. The molecule has 1 aromatic heterocycles. The van der Waals surface area contributed by atoms with E-state index >= 15 is 0 Å². The van der Waals surface area contributed by atoms with Crippen LogP contribution in [0, 0.1) is 0 Å². The summed E-state index contributed by atoms with van der Waals surface area (Å²) >= 11 is 6.68. The van der Waals surface area contributed by atoms with Gasteiger partial charge in [0.05, 0.1) is 14.8 Å². The largest absolute Gasteiger partial charge is 0.416 e. The number of H-pyrrole nitrogens is 1. The molecule has 0 bridgehead atoms. The number of hydrogen-bond donors (Lipinski definition) is 1. The van der Waals surface area contributed by atoms with Crippen molar-refractivity contribution in [2.24, 2.45) is 0 Å². The Morgan fingerprint density at radius 1 is 1.07 bits per heavy atom. The summed E-state index contributed by atoms with van der Waals surface area (Å²) in [7, 11) is 0. The molecule has 0 aliphatic carbocycles. The molecule has 0 radical (unpaired) electrons. The molecular weight excluding hydrogens is 399 g/mol. The molecule has 0 saturated carbocycles. The minimum atomic E-state index is -4.53. The Bertz CT molecular complexity index is 1160. The van der Waals surface area contributed by atoms with E-state index in [0.717, 1.165) is 23.5 Å². The highest BCUT2D eigenvalue weighted by molar-refractivity contribution is 7.07. The van der Waals surface area contributed by atoms with Crippen LogP contribution < -0.4 is 14.8 Å². The quantitative estimate of drug-likeness (QED) is 0.672. The van der Waals surface area contributed by atoms with Gasteiger partial charge in [0.25, 0.3) is 5.56 Å². The zero-order chi connectivity index (χ0) is 19.6. The van der Waals surface area contributed by atoms with Gasteiger partial charge >= 0.3 is 6.18 Å². The van der Waals surface area contributed by atoms with Crippen LogP contribution in [0.15, 0.2) is 53.3 Å². The predicted octanol–water partition coefficient (Wildman–Crippen LogP) is 3.60. The summed E-state index contributed by atoms with van der Waals surface area (Å²) in [5.41, 5.74) is -1.14. The van der Waals surface area contributed by atoms with Gasteiger partial charge in [-0.2, -0.15) is 13.2 Å². The highest BCUT2D eigenvalue weighted by Gasteiger charge is 2.32. The normalized spacial score (nSPS) is 13.2. The number of rotatable bonds is 3. The molecule has 3 rings (SSSR count). The Kier molecular flexibility index (Phi) is 5.34. The van der Waals surface area contributed by atoms with Crippen molar-refractivity contribution in [1.29, 1.82) is 0 Å². The van der Waals surface area contributed by atoms with Crippen LogP contribution >= 0.6 is 22.9 Å². The van der Waals surface area contributed by atoms with E-state index in [-0.39, 0.29) is 20.5 Å². The van der Waals surface area contributed by atoms with Crippen LogP contribution in [0.2, 0.25) is 5.02 Å². The number of thiazole rings is 1. The van der Waals surface area contributed by atoms with E-state index in [1.165, 1.54) is 24.3 Å². The number of hydrogen-bond acceptors (Lipinski definition) is 3. The second-order valence-corrected chi connectivity index (χ2v) is 7.05. The molecule has 0 atom stereocenters. The SMILES string of the molecule is O=C(/C=c1/[nH]c(=O)/c(=C/c2ccccc2C(F)(F)F)s1)c1ccc(Cl)cc1. The maximum absolute atomic E-state index is 13.1. The number of nitrogens with one attached hydrogen (secondary N) is 1. The van der Waals surface area contributed by atoms with E-state index in [0.29, 0.717) is 10.6 Å². The van der Waals surface area contributed by atoms with E-state index in [1.807, 2.05) is 0 Å². The maximum atomic E-state index is 13.1. The smallest absolute Gasteiger partial charge is 0.313 e. The molecule has 2 aromatic carbocycles. The molecule has 1 N–H and O–H groups in total. The molecule has 0 unspecified atom stereocenters. The van der Waals surface area contributed by atoms with Crippen molar-refractivity contribution in [3.63, 3.8) is 0 Å². The number of aromatic amines is 1. The number of halogens is 4. The van der Waals surface area contributed by atoms with Crippen LogP contribution in [-0.2, 0) is 6.18 Å². The van der Waals surface area contributed by atoms with Crippen LogP contribution in [0.4, 0.5) is 13.2 Å². The number of alkyl halides is 3. The first-order valence-corrected chi connectivity index (χ1v) is 8.82. The van der Waals surface area contributed by atoms with Gasteiger partial charge in [-0.25, -0.2) is 0 Å². The Balaban J connectivity index is 2.03. The van der Waals surface area contributed by atoms with E-state index in [9.17, 15) is 22.8 Å². The van der Waals surface area contributed by atoms with Gasteiger partial charge in [-0.15, -0.1) is 11.3 Å². The predicted molar refractivity (Wildman–Crippen MR) is 99.4 cm³/mol. The minimum absolute atomic E-state index is 0.0712. The third-order valence-electron chi connectivity index (χ3n) is 3.62. The second kappa shape index (κ2) is 7.54. The Morgan fingerprint density at radius 3 is 2.41 bits per heavy atom. The van der Waals surface area contributed by atoms with E-state index in [4.69, 9.17) is 11.6 Å². The molecule has 138 valence electrons. The summed E-state index contributed by atoms with van der Waals surface area (Å²) < 4.78 is 39.6. The van der Waals surface area contributed by atoms with Crippen LogP contribution in [-0.4, -0.2) is 10.8 Å². The van der Waals surface area contributed by atoms with Crippen molar-refractivity contribution in [1.82, 2.24) is 4.98 Å². The van der Waals surface area contributed by atoms with Gasteiger partial charge in [0.2, 0.25) is 0 Å². The highest BCUT2D eigenvalue weighted by Crippen LogP contribution is 2.32. The van der Waals surface area contributed by atoms with Crippen LogP contribution in [0.3, 0.4) is 0 Å². The van der Waals surface area contributed by atoms with Crippen LogP contribution in [0.5, 0.6) is 0 Å². The summed E-state index contributed by atoms with van der Waals surface area (Å²) in [6, 6.07) is 11.2. The maximum Gasteiger partial charge on any atom is 0.416 e. The van der Waals surface area contributed by atoms with Crippen LogP contribution in [0.1, 0.15) is 21.5 Å². The third-order valence-corrected chi connectivity index (χ3v) is 4.84. The molecule has 0 aliphatic rings. The van der Waals surface area contributed by atoms with Gasteiger partial charge in [-0.3, -0.25) is 9.59 Å². The average Bonchev–Trinajstić information content (AvgIpc) is 2.94. The Hall–Kier alpha value is -2.64. The summed E-state index contributed by atoms with van der Waals surface area (Å²) in [4.78, 5) is 26.8. The van der Waals surface area contributed by atoms with Crippen molar-refractivity contribution in [3.8, 4) is 0 Å². The molecular formula is C19H11ClF3NO2S. The Labute approximate surface area is 160 Å². The standard InChI is InChI=1S/C19H11ClF3NO2S/c20-13-7-5-11(6-8-13)15(25)10-17-24-18(26)16(27-17)9-12-3-1-2-4-14(12)19(21,22)23/h1-10H,(H,24,26)/b16-9-,17-10-. The third kappa shape index (κ3) is 4.56. The Morgan fingerprint density at radius 2 is 1.74 bits per heavy atom. The van der Waals surface area contributed by atoms with E-state index in [2.05, 4.69) is 4.98 Å². The van der Waals surface area contributed by atoms with E-state index < -0.39 is 17.3 Å². The first-order chi connectivity index (χ1) is 12.7. The van der Waals surface area contributed by atoms with Gasteiger partial charge in [-0.1, -0.05) is 29.8 Å². The fraction of sp³-hybridized carbons (Fsp3) is 0.0526. The lowest BCUT2D eigenvalue weighted by atomic mass is 10.1. The fourth-order valence-electron chi connectivity index (χ4n) is 2.36. The molecule has 0 saturated heterocycles. The number of carbonyl (C=O) groups is 1. The van der Waals surface area contributed by atoms with Gasteiger partial charge in [0.1, 0.15) is 0 Å². The first-order valence-electron chi connectivity index (χ1n) is 7.63. The minimum Gasteiger partial charge on any atom is -0.313 e. The lowest BCUT2D eigenvalue weighted by Gasteiger charge is -2.09. The topological polar surface area (TPSA) is 49.9 Å². The lowest BCUT2D eigenvalue weighted by Crippen LogP contribution is -2.20. The fourth-order valence-corrected chi connectivity index (χ4v) is 3.37. The molecule has 27 heavy (non-hydrogen) atoms. The summed E-state index contributed by atoms with van der Waals surface area (Å²) in [5.74, 6) is -0.355. The molecule has 0 fully saturated rings. The first kappa shape index (κ1) is 19.1. The zero-order valence-corrected chi connectivity index (χ0v) is 15.1. The van der Waals surface area contributed by atoms with Crippen LogP contribution in [0.25, 0.3) is 12.2 Å². The van der Waals surface area contributed by atoms with Gasteiger partial charge in [0.15, 0.2) is 5.78 Å².